The Kier molecular flexibility index (Phi) is 4.03. The monoisotopic (exact) mass is 257 g/mol. The summed E-state index contributed by atoms with van der Waals surface area (Å²) < 4.78 is 0.783. The summed E-state index contributed by atoms with van der Waals surface area (Å²) in [4.78, 5) is 15.4. The molecule has 3 N–H and O–H groups in total. The summed E-state index contributed by atoms with van der Waals surface area (Å²) >= 11 is 3.25. The van der Waals surface area contributed by atoms with Gasteiger partial charge < -0.3 is 11.1 Å². The number of pyridine rings is 1. The predicted octanol–water partition coefficient (Wildman–Crippen LogP) is 0.921. The summed E-state index contributed by atoms with van der Waals surface area (Å²) in [5.74, 6) is -0.156. The van der Waals surface area contributed by atoms with Gasteiger partial charge in [0.05, 0.1) is 5.56 Å². The van der Waals surface area contributed by atoms with Gasteiger partial charge in [-0.2, -0.15) is 0 Å². The first-order valence-electron chi connectivity index (χ1n) is 4.25. The summed E-state index contributed by atoms with van der Waals surface area (Å²) in [5.41, 5.74) is 5.92. The van der Waals surface area contributed by atoms with E-state index in [9.17, 15) is 4.79 Å². The van der Waals surface area contributed by atoms with Crippen LogP contribution in [0.4, 0.5) is 0 Å². The minimum absolute atomic E-state index is 0.0264. The Balaban J connectivity index is 2.70. The molecule has 0 aliphatic carbocycles. The molecule has 1 amide bonds. The molecule has 0 unspecified atom stereocenters. The van der Waals surface area contributed by atoms with Crippen molar-refractivity contribution >= 4 is 21.8 Å². The number of carbonyl (C=O) groups excluding carboxylic acids is 1. The second-order valence-corrected chi connectivity index (χ2v) is 3.92. The topological polar surface area (TPSA) is 68.0 Å². The van der Waals surface area contributed by atoms with Crippen molar-refractivity contribution in [2.24, 2.45) is 5.73 Å². The van der Waals surface area contributed by atoms with Crippen molar-refractivity contribution in [3.63, 3.8) is 0 Å². The summed E-state index contributed by atoms with van der Waals surface area (Å²) in [6.45, 7) is 2.27. The number of hydrogen-bond donors (Lipinski definition) is 2. The fourth-order valence-corrected chi connectivity index (χ4v) is 1.27. The SMILES string of the molecule is C[C@H](CN)NC(=O)c1cncc(Br)c1. The highest BCUT2D eigenvalue weighted by Gasteiger charge is 2.08. The molecule has 0 saturated heterocycles. The maximum atomic E-state index is 11.5. The van der Waals surface area contributed by atoms with E-state index in [1.807, 2.05) is 6.92 Å². The lowest BCUT2D eigenvalue weighted by molar-refractivity contribution is 0.0941. The van der Waals surface area contributed by atoms with Gasteiger partial charge in [0, 0.05) is 29.5 Å². The Morgan fingerprint density at radius 2 is 2.43 bits per heavy atom. The van der Waals surface area contributed by atoms with Gasteiger partial charge in [0.25, 0.3) is 5.91 Å². The molecule has 1 aromatic rings. The average Bonchev–Trinajstić information content (AvgIpc) is 2.17. The minimum Gasteiger partial charge on any atom is -0.348 e. The molecule has 0 aliphatic heterocycles. The molecule has 0 spiro atoms. The van der Waals surface area contributed by atoms with E-state index in [-0.39, 0.29) is 11.9 Å². The van der Waals surface area contributed by atoms with Crippen molar-refractivity contribution in [2.45, 2.75) is 13.0 Å². The van der Waals surface area contributed by atoms with Gasteiger partial charge in [0.2, 0.25) is 0 Å². The van der Waals surface area contributed by atoms with Crippen molar-refractivity contribution in [1.29, 1.82) is 0 Å². The Bertz CT molecular complexity index is 330. The molecule has 1 heterocycles. The first-order valence-corrected chi connectivity index (χ1v) is 5.04. The van der Waals surface area contributed by atoms with Crippen LogP contribution < -0.4 is 11.1 Å². The van der Waals surface area contributed by atoms with Gasteiger partial charge >= 0.3 is 0 Å². The highest BCUT2D eigenvalue weighted by Crippen LogP contribution is 2.09. The molecule has 1 atom stereocenters. The van der Waals surface area contributed by atoms with Crippen LogP contribution in [0.5, 0.6) is 0 Å². The van der Waals surface area contributed by atoms with Crippen molar-refractivity contribution < 1.29 is 4.79 Å². The molecule has 1 rings (SSSR count). The molecule has 0 aliphatic rings. The Morgan fingerprint density at radius 1 is 1.71 bits per heavy atom. The molecule has 76 valence electrons. The van der Waals surface area contributed by atoms with Crippen molar-refractivity contribution in [1.82, 2.24) is 10.3 Å². The van der Waals surface area contributed by atoms with Crippen LogP contribution in [-0.2, 0) is 0 Å². The number of amides is 1. The van der Waals surface area contributed by atoms with Crippen LogP contribution in [0.25, 0.3) is 0 Å². The van der Waals surface area contributed by atoms with E-state index in [4.69, 9.17) is 5.73 Å². The van der Waals surface area contributed by atoms with Crippen LogP contribution in [0.15, 0.2) is 22.9 Å². The number of nitrogens with zero attached hydrogens (tertiary/aromatic N) is 1. The van der Waals surface area contributed by atoms with Crippen LogP contribution in [0, 0.1) is 0 Å². The normalized spacial score (nSPS) is 12.2. The molecule has 1 aromatic heterocycles. The van der Waals surface area contributed by atoms with Gasteiger partial charge in [-0.15, -0.1) is 0 Å². The number of hydrogen-bond acceptors (Lipinski definition) is 3. The zero-order valence-electron chi connectivity index (χ0n) is 7.83. The zero-order valence-corrected chi connectivity index (χ0v) is 9.41. The maximum absolute atomic E-state index is 11.5. The van der Waals surface area contributed by atoms with E-state index in [0.29, 0.717) is 12.1 Å². The molecule has 0 radical (unpaired) electrons. The van der Waals surface area contributed by atoms with Crippen LogP contribution in [-0.4, -0.2) is 23.5 Å². The van der Waals surface area contributed by atoms with Gasteiger partial charge in [0.1, 0.15) is 0 Å². The molecule has 14 heavy (non-hydrogen) atoms. The maximum Gasteiger partial charge on any atom is 0.253 e. The van der Waals surface area contributed by atoms with Crippen LogP contribution in [0.3, 0.4) is 0 Å². The van der Waals surface area contributed by atoms with Crippen LogP contribution >= 0.6 is 15.9 Å². The third-order valence-electron chi connectivity index (χ3n) is 1.70. The summed E-state index contributed by atoms with van der Waals surface area (Å²) in [6, 6.07) is 1.69. The molecule has 5 heteroatoms. The van der Waals surface area contributed by atoms with E-state index < -0.39 is 0 Å². The summed E-state index contributed by atoms with van der Waals surface area (Å²) in [6.07, 6.45) is 3.15. The average molecular weight is 258 g/mol. The van der Waals surface area contributed by atoms with E-state index in [1.54, 1.807) is 12.3 Å². The molecular weight excluding hydrogens is 246 g/mol. The van der Waals surface area contributed by atoms with Gasteiger partial charge in [0.15, 0.2) is 0 Å². The lowest BCUT2D eigenvalue weighted by Crippen LogP contribution is -2.37. The number of nitrogens with one attached hydrogen (secondary N) is 1. The summed E-state index contributed by atoms with van der Waals surface area (Å²) in [7, 11) is 0. The quantitative estimate of drug-likeness (QED) is 0.847. The number of nitrogens with two attached hydrogens (primary N) is 1. The van der Waals surface area contributed by atoms with Crippen molar-refractivity contribution in [3.8, 4) is 0 Å². The Morgan fingerprint density at radius 3 is 3.00 bits per heavy atom. The number of halogens is 1. The van der Waals surface area contributed by atoms with E-state index in [1.165, 1.54) is 6.20 Å². The fraction of sp³-hybridized carbons (Fsp3) is 0.333. The summed E-state index contributed by atoms with van der Waals surface area (Å²) in [5, 5.41) is 2.75. The Labute approximate surface area is 91.0 Å². The second-order valence-electron chi connectivity index (χ2n) is 3.00. The van der Waals surface area contributed by atoms with Crippen LogP contribution in [0.1, 0.15) is 17.3 Å². The lowest BCUT2D eigenvalue weighted by atomic mass is 10.2. The third kappa shape index (κ3) is 3.08. The first-order chi connectivity index (χ1) is 6.63. The molecular formula is C9H12BrN3O. The lowest BCUT2D eigenvalue weighted by Gasteiger charge is -2.10. The molecule has 0 fully saturated rings. The largest absolute Gasteiger partial charge is 0.348 e. The highest BCUT2D eigenvalue weighted by atomic mass is 79.9. The minimum atomic E-state index is -0.156. The standard InChI is InChI=1S/C9H12BrN3O/c1-6(3-11)13-9(14)7-2-8(10)5-12-4-7/h2,4-6H,3,11H2,1H3,(H,13,14)/t6-/m1/s1. The zero-order chi connectivity index (χ0) is 10.6. The van der Waals surface area contributed by atoms with Gasteiger partial charge in [-0.3, -0.25) is 9.78 Å². The van der Waals surface area contributed by atoms with Crippen molar-refractivity contribution in [2.75, 3.05) is 6.54 Å². The number of rotatable bonds is 3. The van der Waals surface area contributed by atoms with E-state index in [0.717, 1.165) is 4.47 Å². The van der Waals surface area contributed by atoms with E-state index in [2.05, 4.69) is 26.2 Å². The van der Waals surface area contributed by atoms with Gasteiger partial charge in [-0.25, -0.2) is 0 Å². The first kappa shape index (κ1) is 11.1. The number of carbonyl (C=O) groups is 1. The van der Waals surface area contributed by atoms with Gasteiger partial charge in [-0.1, -0.05) is 0 Å². The molecule has 0 aromatic carbocycles. The third-order valence-corrected chi connectivity index (χ3v) is 2.13. The molecule has 0 bridgehead atoms. The second kappa shape index (κ2) is 5.07. The fourth-order valence-electron chi connectivity index (χ4n) is 0.902. The number of aromatic nitrogens is 1. The Hall–Kier alpha value is -0.940. The van der Waals surface area contributed by atoms with Crippen LogP contribution in [0.2, 0.25) is 0 Å². The molecule has 4 nitrogen and oxygen atoms in total. The van der Waals surface area contributed by atoms with E-state index >= 15 is 0 Å². The van der Waals surface area contributed by atoms with Gasteiger partial charge in [-0.05, 0) is 28.9 Å². The smallest absolute Gasteiger partial charge is 0.253 e. The predicted molar refractivity (Wildman–Crippen MR) is 57.9 cm³/mol. The highest BCUT2D eigenvalue weighted by molar-refractivity contribution is 9.10. The van der Waals surface area contributed by atoms with Crippen molar-refractivity contribution in [3.05, 3.63) is 28.5 Å². The molecule has 0 saturated carbocycles.